The zero-order valence-electron chi connectivity index (χ0n) is 9.60. The van der Waals surface area contributed by atoms with Crippen LogP contribution in [0.25, 0.3) is 11.4 Å². The molecular weight excluding hydrogens is 220 g/mol. The van der Waals surface area contributed by atoms with Crippen LogP contribution in [0.1, 0.15) is 18.5 Å². The first-order valence-corrected chi connectivity index (χ1v) is 5.15. The zero-order chi connectivity index (χ0) is 12.3. The molecule has 0 aliphatic carbocycles. The van der Waals surface area contributed by atoms with E-state index in [0.717, 1.165) is 11.3 Å². The third-order valence-electron chi connectivity index (χ3n) is 2.13. The van der Waals surface area contributed by atoms with Crippen molar-refractivity contribution in [1.29, 1.82) is 0 Å². The molecule has 88 valence electrons. The second kappa shape index (κ2) is 4.73. The standard InChI is InChI=1S/C11H12N4O2/c1-7(16)12-6-10-4-3-9(5-13-10)11-14-8(2)17-15-11/h3-5H,6H2,1-2H3,(H,12,16). The van der Waals surface area contributed by atoms with Crippen LogP contribution in [-0.4, -0.2) is 21.0 Å². The van der Waals surface area contributed by atoms with Gasteiger partial charge in [-0.25, -0.2) is 0 Å². The zero-order valence-corrected chi connectivity index (χ0v) is 9.60. The van der Waals surface area contributed by atoms with Crippen LogP contribution in [0.15, 0.2) is 22.9 Å². The molecule has 2 aromatic heterocycles. The molecule has 1 amide bonds. The molecule has 6 heteroatoms. The number of rotatable bonds is 3. The van der Waals surface area contributed by atoms with Crippen LogP contribution in [0, 0.1) is 6.92 Å². The van der Waals surface area contributed by atoms with Gasteiger partial charge in [-0.3, -0.25) is 9.78 Å². The van der Waals surface area contributed by atoms with Gasteiger partial charge in [0.2, 0.25) is 17.6 Å². The van der Waals surface area contributed by atoms with Gasteiger partial charge < -0.3 is 9.84 Å². The molecule has 6 nitrogen and oxygen atoms in total. The highest BCUT2D eigenvalue weighted by atomic mass is 16.5. The molecule has 0 saturated carbocycles. The minimum absolute atomic E-state index is 0.0790. The maximum Gasteiger partial charge on any atom is 0.223 e. The van der Waals surface area contributed by atoms with Gasteiger partial charge in [0.25, 0.3) is 0 Å². The summed E-state index contributed by atoms with van der Waals surface area (Å²) in [6.45, 7) is 3.62. The molecule has 0 unspecified atom stereocenters. The predicted octanol–water partition coefficient (Wildman–Crippen LogP) is 1.08. The van der Waals surface area contributed by atoms with Gasteiger partial charge in [0.05, 0.1) is 12.2 Å². The summed E-state index contributed by atoms with van der Waals surface area (Å²) in [5.41, 5.74) is 1.57. The molecule has 0 aliphatic rings. The van der Waals surface area contributed by atoms with Crippen molar-refractivity contribution in [1.82, 2.24) is 20.4 Å². The Bertz CT molecular complexity index is 519. The summed E-state index contributed by atoms with van der Waals surface area (Å²) < 4.78 is 4.88. The molecule has 0 bridgehead atoms. The molecule has 0 radical (unpaired) electrons. The quantitative estimate of drug-likeness (QED) is 0.856. The molecule has 0 saturated heterocycles. The molecule has 0 aliphatic heterocycles. The third-order valence-corrected chi connectivity index (χ3v) is 2.13. The average Bonchev–Trinajstić information content (AvgIpc) is 2.74. The van der Waals surface area contributed by atoms with E-state index in [1.807, 2.05) is 12.1 Å². The van der Waals surface area contributed by atoms with Crippen LogP contribution in [-0.2, 0) is 11.3 Å². The SMILES string of the molecule is CC(=O)NCc1ccc(-c2noc(C)n2)cn1. The number of carbonyl (C=O) groups excluding carboxylic acids is 1. The number of nitrogens with zero attached hydrogens (tertiary/aromatic N) is 3. The topological polar surface area (TPSA) is 80.9 Å². The highest BCUT2D eigenvalue weighted by Gasteiger charge is 2.06. The molecule has 2 rings (SSSR count). The van der Waals surface area contributed by atoms with E-state index in [1.165, 1.54) is 6.92 Å². The number of amides is 1. The molecule has 0 spiro atoms. The monoisotopic (exact) mass is 232 g/mol. The third kappa shape index (κ3) is 2.87. The maximum atomic E-state index is 10.7. The van der Waals surface area contributed by atoms with Gasteiger partial charge in [-0.2, -0.15) is 4.98 Å². The van der Waals surface area contributed by atoms with Crippen molar-refractivity contribution in [2.75, 3.05) is 0 Å². The molecule has 1 N–H and O–H groups in total. The van der Waals surface area contributed by atoms with Crippen molar-refractivity contribution >= 4 is 5.91 Å². The van der Waals surface area contributed by atoms with Crippen LogP contribution in [0.4, 0.5) is 0 Å². The molecule has 2 aromatic rings. The second-order valence-electron chi connectivity index (χ2n) is 3.58. The Morgan fingerprint density at radius 1 is 1.47 bits per heavy atom. The highest BCUT2D eigenvalue weighted by Crippen LogP contribution is 2.14. The van der Waals surface area contributed by atoms with E-state index in [1.54, 1.807) is 13.1 Å². The smallest absolute Gasteiger partial charge is 0.223 e. The van der Waals surface area contributed by atoms with E-state index in [0.29, 0.717) is 18.3 Å². The fourth-order valence-corrected chi connectivity index (χ4v) is 1.29. The lowest BCUT2D eigenvalue weighted by atomic mass is 10.2. The number of aromatic nitrogens is 3. The largest absolute Gasteiger partial charge is 0.351 e. The summed E-state index contributed by atoms with van der Waals surface area (Å²) in [5, 5.41) is 6.47. The Hall–Kier alpha value is -2.24. The van der Waals surface area contributed by atoms with Crippen molar-refractivity contribution in [3.8, 4) is 11.4 Å². The molecule has 17 heavy (non-hydrogen) atoms. The minimum atomic E-state index is -0.0790. The fourth-order valence-electron chi connectivity index (χ4n) is 1.29. The predicted molar refractivity (Wildman–Crippen MR) is 59.8 cm³/mol. The molecule has 0 aromatic carbocycles. The number of hydrogen-bond acceptors (Lipinski definition) is 5. The van der Waals surface area contributed by atoms with Gasteiger partial charge in [-0.05, 0) is 12.1 Å². The summed E-state index contributed by atoms with van der Waals surface area (Å²) in [6.07, 6.45) is 1.65. The van der Waals surface area contributed by atoms with Crippen LogP contribution >= 0.6 is 0 Å². The van der Waals surface area contributed by atoms with Crippen LogP contribution in [0.3, 0.4) is 0 Å². The molecular formula is C11H12N4O2. The van der Waals surface area contributed by atoms with Crippen LogP contribution in [0.5, 0.6) is 0 Å². The number of hydrogen-bond donors (Lipinski definition) is 1. The van der Waals surface area contributed by atoms with Gasteiger partial charge in [-0.1, -0.05) is 5.16 Å². The van der Waals surface area contributed by atoms with Crippen molar-refractivity contribution < 1.29 is 9.32 Å². The molecule has 0 fully saturated rings. The number of aryl methyl sites for hydroxylation is 1. The number of nitrogens with one attached hydrogen (secondary N) is 1. The lowest BCUT2D eigenvalue weighted by Gasteiger charge is -2.01. The first-order chi connectivity index (χ1) is 8.15. The highest BCUT2D eigenvalue weighted by molar-refractivity contribution is 5.72. The van der Waals surface area contributed by atoms with E-state index in [-0.39, 0.29) is 5.91 Å². The van der Waals surface area contributed by atoms with Crippen LogP contribution in [0.2, 0.25) is 0 Å². The van der Waals surface area contributed by atoms with Gasteiger partial charge >= 0.3 is 0 Å². The van der Waals surface area contributed by atoms with E-state index < -0.39 is 0 Å². The first-order valence-electron chi connectivity index (χ1n) is 5.15. The van der Waals surface area contributed by atoms with E-state index in [2.05, 4.69) is 20.4 Å². The Balaban J connectivity index is 2.10. The van der Waals surface area contributed by atoms with Gasteiger partial charge in [0, 0.05) is 25.6 Å². The van der Waals surface area contributed by atoms with Gasteiger partial charge in [0.1, 0.15) is 0 Å². The van der Waals surface area contributed by atoms with Gasteiger partial charge in [0.15, 0.2) is 0 Å². The lowest BCUT2D eigenvalue weighted by molar-refractivity contribution is -0.119. The minimum Gasteiger partial charge on any atom is -0.351 e. The average molecular weight is 232 g/mol. The maximum absolute atomic E-state index is 10.7. The van der Waals surface area contributed by atoms with E-state index in [4.69, 9.17) is 4.52 Å². The summed E-state index contributed by atoms with van der Waals surface area (Å²) in [4.78, 5) is 19.0. The Labute approximate surface area is 98.1 Å². The summed E-state index contributed by atoms with van der Waals surface area (Å²) in [7, 11) is 0. The van der Waals surface area contributed by atoms with Crippen molar-refractivity contribution in [3.05, 3.63) is 29.9 Å². The summed E-state index contributed by atoms with van der Waals surface area (Å²) >= 11 is 0. The van der Waals surface area contributed by atoms with Crippen LogP contribution < -0.4 is 5.32 Å². The van der Waals surface area contributed by atoms with Gasteiger partial charge in [-0.15, -0.1) is 0 Å². The van der Waals surface area contributed by atoms with E-state index >= 15 is 0 Å². The number of pyridine rings is 1. The summed E-state index contributed by atoms with van der Waals surface area (Å²) in [5.74, 6) is 0.952. The fraction of sp³-hybridized carbons (Fsp3) is 0.273. The second-order valence-corrected chi connectivity index (χ2v) is 3.58. The lowest BCUT2D eigenvalue weighted by Crippen LogP contribution is -2.19. The Kier molecular flexibility index (Phi) is 3.13. The Morgan fingerprint density at radius 3 is 2.82 bits per heavy atom. The van der Waals surface area contributed by atoms with Crippen molar-refractivity contribution in [3.63, 3.8) is 0 Å². The number of carbonyl (C=O) groups is 1. The summed E-state index contributed by atoms with van der Waals surface area (Å²) in [6, 6.07) is 3.66. The van der Waals surface area contributed by atoms with Crippen molar-refractivity contribution in [2.24, 2.45) is 0 Å². The Morgan fingerprint density at radius 2 is 2.29 bits per heavy atom. The van der Waals surface area contributed by atoms with Crippen molar-refractivity contribution in [2.45, 2.75) is 20.4 Å². The van der Waals surface area contributed by atoms with E-state index in [9.17, 15) is 4.79 Å². The normalized spacial score (nSPS) is 10.2. The molecule has 0 atom stereocenters. The first kappa shape index (κ1) is 11.3. The molecule has 2 heterocycles.